The number of carbonyl (C=O) groups excluding carboxylic acids is 1. The van der Waals surface area contributed by atoms with Gasteiger partial charge >= 0.3 is 0 Å². The highest BCUT2D eigenvalue weighted by Crippen LogP contribution is 2.21. The summed E-state index contributed by atoms with van der Waals surface area (Å²) < 4.78 is 15.5. The first-order valence-corrected chi connectivity index (χ1v) is 6.74. The zero-order chi connectivity index (χ0) is 15.5. The zero-order valence-corrected chi connectivity index (χ0v) is 12.4. The van der Waals surface area contributed by atoms with Crippen molar-refractivity contribution >= 4 is 5.91 Å². The molecule has 0 aliphatic rings. The number of halogens is 1. The van der Waals surface area contributed by atoms with Crippen LogP contribution in [0, 0.1) is 11.2 Å². The third-order valence-electron chi connectivity index (χ3n) is 3.32. The molecular formula is C15H19FN4O. The van der Waals surface area contributed by atoms with E-state index >= 15 is 0 Å². The molecule has 1 amide bonds. The molecule has 0 radical (unpaired) electrons. The van der Waals surface area contributed by atoms with Gasteiger partial charge in [0.05, 0.1) is 24.1 Å². The van der Waals surface area contributed by atoms with Gasteiger partial charge in [0.25, 0.3) is 5.91 Å². The highest BCUT2D eigenvalue weighted by molar-refractivity contribution is 5.94. The Morgan fingerprint density at radius 3 is 2.71 bits per heavy atom. The molecule has 0 bridgehead atoms. The van der Waals surface area contributed by atoms with Crippen molar-refractivity contribution in [2.24, 2.45) is 5.41 Å². The molecule has 0 fully saturated rings. The van der Waals surface area contributed by atoms with E-state index in [9.17, 15) is 9.18 Å². The number of pyridine rings is 1. The summed E-state index contributed by atoms with van der Waals surface area (Å²) in [5.74, 6) is -1.06. The van der Waals surface area contributed by atoms with Crippen molar-refractivity contribution in [2.75, 3.05) is 0 Å². The molecule has 1 N–H and O–H groups in total. The van der Waals surface area contributed by atoms with Crippen LogP contribution in [-0.2, 0) is 6.54 Å². The van der Waals surface area contributed by atoms with Crippen molar-refractivity contribution in [1.82, 2.24) is 19.9 Å². The van der Waals surface area contributed by atoms with Crippen LogP contribution in [0.1, 0.15) is 31.1 Å². The SMILES string of the molecule is CC(C)(C)C(Cn1ccnc1)NC(=O)c1ccncc1F. The fourth-order valence-corrected chi connectivity index (χ4v) is 1.94. The maximum atomic E-state index is 13.6. The second kappa shape index (κ2) is 6.03. The van der Waals surface area contributed by atoms with Gasteiger partial charge in [-0.2, -0.15) is 0 Å². The predicted octanol–water partition coefficient (Wildman–Crippen LogP) is 2.26. The molecule has 5 nitrogen and oxygen atoms in total. The second-order valence-corrected chi connectivity index (χ2v) is 6.01. The Morgan fingerprint density at radius 1 is 1.38 bits per heavy atom. The van der Waals surface area contributed by atoms with Gasteiger partial charge in [0.15, 0.2) is 5.82 Å². The number of rotatable bonds is 4. The van der Waals surface area contributed by atoms with Crippen LogP contribution in [0.5, 0.6) is 0 Å². The predicted molar refractivity (Wildman–Crippen MR) is 77.1 cm³/mol. The van der Waals surface area contributed by atoms with Gasteiger partial charge < -0.3 is 9.88 Å². The van der Waals surface area contributed by atoms with Crippen LogP contribution in [0.3, 0.4) is 0 Å². The monoisotopic (exact) mass is 290 g/mol. The average Bonchev–Trinajstić information content (AvgIpc) is 2.90. The standard InChI is InChI=1S/C15H19FN4O/c1-15(2,3)13(9-20-7-6-18-10-20)19-14(21)11-4-5-17-8-12(11)16/h4-8,10,13H,9H2,1-3H3,(H,19,21). The molecule has 0 aliphatic heterocycles. The third kappa shape index (κ3) is 3.87. The summed E-state index contributed by atoms with van der Waals surface area (Å²) in [7, 11) is 0. The van der Waals surface area contributed by atoms with Crippen molar-refractivity contribution in [1.29, 1.82) is 0 Å². The minimum Gasteiger partial charge on any atom is -0.347 e. The molecule has 2 aromatic rings. The lowest BCUT2D eigenvalue weighted by molar-refractivity contribution is 0.0888. The van der Waals surface area contributed by atoms with E-state index in [1.54, 1.807) is 12.5 Å². The van der Waals surface area contributed by atoms with E-state index in [4.69, 9.17) is 0 Å². The van der Waals surface area contributed by atoms with E-state index in [1.807, 2.05) is 31.5 Å². The van der Waals surface area contributed by atoms with E-state index in [2.05, 4.69) is 15.3 Å². The highest BCUT2D eigenvalue weighted by Gasteiger charge is 2.27. The molecule has 0 spiro atoms. The summed E-state index contributed by atoms with van der Waals surface area (Å²) in [5, 5.41) is 2.90. The average molecular weight is 290 g/mol. The molecule has 1 atom stereocenters. The van der Waals surface area contributed by atoms with E-state index in [0.717, 1.165) is 6.20 Å². The number of hydrogen-bond acceptors (Lipinski definition) is 3. The minimum atomic E-state index is -0.620. The smallest absolute Gasteiger partial charge is 0.254 e. The lowest BCUT2D eigenvalue weighted by Crippen LogP contribution is -2.46. The van der Waals surface area contributed by atoms with Crippen LogP contribution >= 0.6 is 0 Å². The second-order valence-electron chi connectivity index (χ2n) is 6.01. The van der Waals surface area contributed by atoms with Gasteiger partial charge in [0, 0.05) is 25.1 Å². The maximum Gasteiger partial charge on any atom is 0.254 e. The summed E-state index contributed by atoms with van der Waals surface area (Å²) in [6, 6.07) is 1.22. The zero-order valence-electron chi connectivity index (χ0n) is 12.4. The number of nitrogens with zero attached hydrogens (tertiary/aromatic N) is 3. The Labute approximate surface area is 123 Å². The summed E-state index contributed by atoms with van der Waals surface area (Å²) >= 11 is 0. The van der Waals surface area contributed by atoms with Crippen molar-refractivity contribution in [3.05, 3.63) is 48.6 Å². The fraction of sp³-hybridized carbons (Fsp3) is 0.400. The Morgan fingerprint density at radius 2 is 2.14 bits per heavy atom. The first-order chi connectivity index (χ1) is 9.88. The van der Waals surface area contributed by atoms with Gasteiger partial charge in [0.1, 0.15) is 0 Å². The Kier molecular flexibility index (Phi) is 4.35. The fourth-order valence-electron chi connectivity index (χ4n) is 1.94. The molecule has 0 aromatic carbocycles. The summed E-state index contributed by atoms with van der Waals surface area (Å²) in [6.07, 6.45) is 7.65. The molecule has 0 aliphatic carbocycles. The van der Waals surface area contributed by atoms with Crippen molar-refractivity contribution in [2.45, 2.75) is 33.4 Å². The van der Waals surface area contributed by atoms with Crippen molar-refractivity contribution < 1.29 is 9.18 Å². The van der Waals surface area contributed by atoms with Crippen LogP contribution in [0.2, 0.25) is 0 Å². The van der Waals surface area contributed by atoms with Crippen LogP contribution in [0.15, 0.2) is 37.2 Å². The normalized spacial score (nSPS) is 13.0. The van der Waals surface area contributed by atoms with E-state index in [1.165, 1.54) is 12.3 Å². The number of nitrogens with one attached hydrogen (secondary N) is 1. The Hall–Kier alpha value is -2.24. The minimum absolute atomic E-state index is 0.00452. The van der Waals surface area contributed by atoms with Crippen LogP contribution in [0.25, 0.3) is 0 Å². The van der Waals surface area contributed by atoms with Gasteiger partial charge in [-0.15, -0.1) is 0 Å². The van der Waals surface area contributed by atoms with Crippen LogP contribution in [-0.4, -0.2) is 26.5 Å². The highest BCUT2D eigenvalue weighted by atomic mass is 19.1. The number of aromatic nitrogens is 3. The van der Waals surface area contributed by atoms with Crippen molar-refractivity contribution in [3.8, 4) is 0 Å². The Balaban J connectivity index is 2.16. The van der Waals surface area contributed by atoms with E-state index in [-0.39, 0.29) is 17.0 Å². The molecule has 2 rings (SSSR count). The first-order valence-electron chi connectivity index (χ1n) is 6.74. The summed E-state index contributed by atoms with van der Waals surface area (Å²) in [4.78, 5) is 19.9. The quantitative estimate of drug-likeness (QED) is 0.939. The maximum absolute atomic E-state index is 13.6. The third-order valence-corrected chi connectivity index (χ3v) is 3.32. The van der Waals surface area contributed by atoms with Gasteiger partial charge in [-0.05, 0) is 11.5 Å². The van der Waals surface area contributed by atoms with Gasteiger partial charge in [-0.25, -0.2) is 9.37 Å². The number of imidazole rings is 1. The molecular weight excluding hydrogens is 271 g/mol. The lowest BCUT2D eigenvalue weighted by atomic mass is 9.86. The molecule has 0 saturated heterocycles. The first kappa shape index (κ1) is 15.2. The topological polar surface area (TPSA) is 59.8 Å². The van der Waals surface area contributed by atoms with Gasteiger partial charge in [-0.3, -0.25) is 9.78 Å². The van der Waals surface area contributed by atoms with Crippen LogP contribution < -0.4 is 5.32 Å². The van der Waals surface area contributed by atoms with Gasteiger partial charge in [-0.1, -0.05) is 20.8 Å². The molecule has 21 heavy (non-hydrogen) atoms. The summed E-state index contributed by atoms with van der Waals surface area (Å²) in [5.41, 5.74) is -0.173. The molecule has 6 heteroatoms. The summed E-state index contributed by atoms with van der Waals surface area (Å²) in [6.45, 7) is 6.65. The molecule has 2 heterocycles. The number of hydrogen-bond donors (Lipinski definition) is 1. The number of carbonyl (C=O) groups is 1. The largest absolute Gasteiger partial charge is 0.347 e. The van der Waals surface area contributed by atoms with E-state index in [0.29, 0.717) is 6.54 Å². The Bertz CT molecular complexity index is 604. The molecule has 112 valence electrons. The van der Waals surface area contributed by atoms with E-state index < -0.39 is 11.7 Å². The van der Waals surface area contributed by atoms with Crippen molar-refractivity contribution in [3.63, 3.8) is 0 Å². The van der Waals surface area contributed by atoms with Gasteiger partial charge in [0.2, 0.25) is 0 Å². The number of amides is 1. The van der Waals surface area contributed by atoms with Crippen LogP contribution in [0.4, 0.5) is 4.39 Å². The lowest BCUT2D eigenvalue weighted by Gasteiger charge is -2.31. The molecule has 0 saturated carbocycles. The molecule has 2 aromatic heterocycles. The molecule has 1 unspecified atom stereocenters.